The maximum atomic E-state index is 13.4. The molecule has 1 atom stereocenters. The molecule has 0 unspecified atom stereocenters. The number of nitrogens with zero attached hydrogens (tertiary/aromatic N) is 2. The number of hydrogen-bond acceptors (Lipinski definition) is 7. The summed E-state index contributed by atoms with van der Waals surface area (Å²) in [5.74, 6) is -0.533. The Hall–Kier alpha value is -3.88. The number of ketones is 1. The Morgan fingerprint density at radius 2 is 1.75 bits per heavy atom. The molecule has 1 aliphatic heterocycles. The van der Waals surface area contributed by atoms with Crippen LogP contribution in [0.5, 0.6) is 11.5 Å². The van der Waals surface area contributed by atoms with E-state index in [4.69, 9.17) is 21.1 Å². The molecule has 182 valence electrons. The molecule has 0 spiro atoms. The fraction of sp³-hybridized carbons (Fsp3) is 0.148. The van der Waals surface area contributed by atoms with Crippen LogP contribution in [0.25, 0.3) is 16.0 Å². The number of benzene rings is 3. The number of fused-ring (bicyclic) bond motifs is 1. The first kappa shape index (κ1) is 23.8. The van der Waals surface area contributed by atoms with Gasteiger partial charge in [0.05, 0.1) is 35.5 Å². The summed E-state index contributed by atoms with van der Waals surface area (Å²) in [6.45, 7) is 2.42. The molecule has 1 aliphatic rings. The molecule has 2 heterocycles. The number of ether oxygens (including phenoxy) is 2. The van der Waals surface area contributed by atoms with Crippen molar-refractivity contribution in [2.45, 2.75) is 13.0 Å². The van der Waals surface area contributed by atoms with E-state index < -0.39 is 17.7 Å². The van der Waals surface area contributed by atoms with Gasteiger partial charge in [-0.3, -0.25) is 14.5 Å². The number of hydrogen-bond donors (Lipinski definition) is 1. The van der Waals surface area contributed by atoms with Crippen LogP contribution in [-0.2, 0) is 9.59 Å². The molecule has 4 aromatic rings. The quantitative estimate of drug-likeness (QED) is 0.191. The summed E-state index contributed by atoms with van der Waals surface area (Å²) in [5.41, 5.74) is 1.65. The number of carbonyl (C=O) groups excluding carboxylic acids is 2. The molecule has 1 fully saturated rings. The Morgan fingerprint density at radius 3 is 2.42 bits per heavy atom. The van der Waals surface area contributed by atoms with E-state index in [1.807, 2.05) is 25.1 Å². The van der Waals surface area contributed by atoms with Gasteiger partial charge in [-0.25, -0.2) is 4.98 Å². The number of aliphatic hydroxyl groups excluding tert-OH is 1. The minimum atomic E-state index is -0.890. The molecule has 1 amide bonds. The van der Waals surface area contributed by atoms with Crippen molar-refractivity contribution in [3.05, 3.63) is 88.5 Å². The molecule has 0 aliphatic carbocycles. The van der Waals surface area contributed by atoms with Crippen molar-refractivity contribution in [3.63, 3.8) is 0 Å². The van der Waals surface area contributed by atoms with E-state index in [-0.39, 0.29) is 11.3 Å². The molecule has 5 rings (SSSR count). The second-order valence-electron chi connectivity index (χ2n) is 8.01. The average molecular weight is 521 g/mol. The largest absolute Gasteiger partial charge is 0.507 e. The normalized spacial score (nSPS) is 17.1. The third-order valence-corrected chi connectivity index (χ3v) is 7.13. The van der Waals surface area contributed by atoms with Gasteiger partial charge in [0.15, 0.2) is 5.13 Å². The number of anilines is 1. The first-order valence-electron chi connectivity index (χ1n) is 11.2. The van der Waals surface area contributed by atoms with Crippen LogP contribution in [-0.4, -0.2) is 35.5 Å². The van der Waals surface area contributed by atoms with E-state index in [9.17, 15) is 14.7 Å². The Kier molecular flexibility index (Phi) is 6.38. The number of thiazole rings is 1. The van der Waals surface area contributed by atoms with Crippen LogP contribution < -0.4 is 14.4 Å². The zero-order valence-electron chi connectivity index (χ0n) is 19.4. The highest BCUT2D eigenvalue weighted by atomic mass is 35.5. The van der Waals surface area contributed by atoms with Crippen LogP contribution in [0.15, 0.2) is 72.3 Å². The Morgan fingerprint density at radius 1 is 1.06 bits per heavy atom. The van der Waals surface area contributed by atoms with Crippen LogP contribution in [0.4, 0.5) is 5.13 Å². The second-order valence-corrected chi connectivity index (χ2v) is 9.45. The lowest BCUT2D eigenvalue weighted by atomic mass is 9.95. The van der Waals surface area contributed by atoms with Gasteiger partial charge in [-0.15, -0.1) is 0 Å². The van der Waals surface area contributed by atoms with Gasteiger partial charge in [0.25, 0.3) is 5.78 Å². The van der Waals surface area contributed by atoms with Gasteiger partial charge in [0.1, 0.15) is 17.3 Å². The van der Waals surface area contributed by atoms with E-state index in [1.165, 1.54) is 16.2 Å². The van der Waals surface area contributed by atoms with Crippen LogP contribution in [0, 0.1) is 0 Å². The molecule has 0 saturated carbocycles. The highest BCUT2D eigenvalue weighted by molar-refractivity contribution is 7.22. The lowest BCUT2D eigenvalue weighted by molar-refractivity contribution is -0.132. The topological polar surface area (TPSA) is 89.0 Å². The molecule has 1 saturated heterocycles. The fourth-order valence-electron chi connectivity index (χ4n) is 4.15. The average Bonchev–Trinajstić information content (AvgIpc) is 3.42. The monoisotopic (exact) mass is 520 g/mol. The summed E-state index contributed by atoms with van der Waals surface area (Å²) in [7, 11) is 1.55. The van der Waals surface area contributed by atoms with Gasteiger partial charge in [-0.1, -0.05) is 35.1 Å². The summed E-state index contributed by atoms with van der Waals surface area (Å²) in [6.07, 6.45) is 0. The van der Waals surface area contributed by atoms with Gasteiger partial charge in [-0.2, -0.15) is 0 Å². The molecule has 3 aromatic carbocycles. The van der Waals surface area contributed by atoms with Crippen molar-refractivity contribution in [2.75, 3.05) is 18.6 Å². The SMILES string of the molecule is CCOc1ccc2nc(N3C(=O)C(=O)C(=C(O)c4ccc(Cl)cc4)[C@H]3c3ccc(OC)cc3)sc2c1. The number of carbonyl (C=O) groups is 2. The van der Waals surface area contributed by atoms with Gasteiger partial charge in [0.2, 0.25) is 0 Å². The lowest BCUT2D eigenvalue weighted by Gasteiger charge is -2.23. The van der Waals surface area contributed by atoms with Gasteiger partial charge >= 0.3 is 5.91 Å². The fourth-order valence-corrected chi connectivity index (χ4v) is 5.29. The number of Topliss-reactive ketones (excluding diaryl/α,β-unsaturated/α-hetero) is 1. The molecule has 36 heavy (non-hydrogen) atoms. The number of rotatable bonds is 6. The van der Waals surface area contributed by atoms with E-state index in [2.05, 4.69) is 4.98 Å². The summed E-state index contributed by atoms with van der Waals surface area (Å²) < 4.78 is 11.7. The predicted octanol–water partition coefficient (Wildman–Crippen LogP) is 5.98. The third-order valence-electron chi connectivity index (χ3n) is 5.86. The smallest absolute Gasteiger partial charge is 0.301 e. The number of methoxy groups -OCH3 is 1. The lowest BCUT2D eigenvalue weighted by Crippen LogP contribution is -2.29. The van der Waals surface area contributed by atoms with Crippen LogP contribution in [0.3, 0.4) is 0 Å². The minimum Gasteiger partial charge on any atom is -0.507 e. The number of halogens is 1. The molecule has 0 radical (unpaired) electrons. The Balaban J connectivity index is 1.68. The van der Waals surface area contributed by atoms with Crippen molar-refractivity contribution < 1.29 is 24.2 Å². The minimum absolute atomic E-state index is 0.0262. The molecular formula is C27H21ClN2O5S. The number of amides is 1. The van der Waals surface area contributed by atoms with Gasteiger partial charge < -0.3 is 14.6 Å². The van der Waals surface area contributed by atoms with E-state index in [1.54, 1.807) is 55.6 Å². The van der Waals surface area contributed by atoms with Gasteiger partial charge in [0, 0.05) is 10.6 Å². The van der Waals surface area contributed by atoms with Crippen molar-refractivity contribution in [1.82, 2.24) is 4.98 Å². The molecule has 9 heteroatoms. The third kappa shape index (κ3) is 4.19. The zero-order chi connectivity index (χ0) is 25.4. The van der Waals surface area contributed by atoms with Crippen LogP contribution in [0.2, 0.25) is 5.02 Å². The van der Waals surface area contributed by atoms with Crippen molar-refractivity contribution >= 4 is 55.7 Å². The second kappa shape index (κ2) is 9.64. The number of aliphatic hydroxyl groups is 1. The Bertz CT molecular complexity index is 1500. The van der Waals surface area contributed by atoms with E-state index in [0.717, 1.165) is 4.70 Å². The standard InChI is InChI=1S/C27H21ClN2O5S/c1-3-35-19-12-13-20-21(14-19)36-27(29-20)30-23(15-6-10-18(34-2)11-7-15)22(25(32)26(30)33)24(31)16-4-8-17(28)9-5-16/h4-14,23,31H,3H2,1-2H3/t23-/m1/s1. The summed E-state index contributed by atoms with van der Waals surface area (Å²) in [6, 6.07) is 18.0. The van der Waals surface area contributed by atoms with Crippen molar-refractivity contribution in [3.8, 4) is 11.5 Å². The van der Waals surface area contributed by atoms with Crippen molar-refractivity contribution in [1.29, 1.82) is 0 Å². The highest BCUT2D eigenvalue weighted by Crippen LogP contribution is 2.45. The molecular weight excluding hydrogens is 500 g/mol. The summed E-state index contributed by atoms with van der Waals surface area (Å²) in [4.78, 5) is 32.7. The molecule has 7 nitrogen and oxygen atoms in total. The zero-order valence-corrected chi connectivity index (χ0v) is 21.0. The highest BCUT2D eigenvalue weighted by Gasteiger charge is 2.48. The van der Waals surface area contributed by atoms with Crippen LogP contribution >= 0.6 is 22.9 Å². The van der Waals surface area contributed by atoms with Crippen LogP contribution in [0.1, 0.15) is 24.1 Å². The summed E-state index contributed by atoms with van der Waals surface area (Å²) >= 11 is 7.27. The maximum Gasteiger partial charge on any atom is 0.301 e. The molecule has 1 N–H and O–H groups in total. The first-order valence-corrected chi connectivity index (χ1v) is 12.3. The molecule has 0 bridgehead atoms. The Labute approximate surface area is 216 Å². The molecule has 1 aromatic heterocycles. The predicted molar refractivity (Wildman–Crippen MR) is 140 cm³/mol. The number of aromatic nitrogens is 1. The maximum absolute atomic E-state index is 13.4. The summed E-state index contributed by atoms with van der Waals surface area (Å²) in [5, 5.41) is 12.0. The van der Waals surface area contributed by atoms with Crippen molar-refractivity contribution in [2.24, 2.45) is 0 Å². The van der Waals surface area contributed by atoms with E-state index >= 15 is 0 Å². The first-order chi connectivity index (χ1) is 17.4. The van der Waals surface area contributed by atoms with E-state index in [0.29, 0.717) is 44.9 Å². The van der Waals surface area contributed by atoms with Gasteiger partial charge in [-0.05, 0) is 67.1 Å².